The monoisotopic (exact) mass is 412 g/mol. The van der Waals surface area contributed by atoms with E-state index in [0.29, 0.717) is 5.70 Å². The molecular formula is C20H20N4O6. The number of ether oxygens (including phenoxy) is 1. The number of nitro benzene ring substituents is 1. The van der Waals surface area contributed by atoms with Crippen molar-refractivity contribution in [3.05, 3.63) is 81.2 Å². The van der Waals surface area contributed by atoms with E-state index in [4.69, 9.17) is 4.74 Å². The van der Waals surface area contributed by atoms with Gasteiger partial charge in [-0.3, -0.25) is 10.1 Å². The number of allylic oxidation sites excluding steroid dienone is 2. The van der Waals surface area contributed by atoms with Gasteiger partial charge in [0.2, 0.25) is 0 Å². The predicted molar refractivity (Wildman–Crippen MR) is 105 cm³/mol. The molecule has 2 aromatic rings. The van der Waals surface area contributed by atoms with Crippen LogP contribution in [0.4, 0.5) is 5.69 Å². The molecule has 156 valence electrons. The Kier molecular flexibility index (Phi) is 5.95. The quantitative estimate of drug-likeness (QED) is 0.402. The highest BCUT2D eigenvalue weighted by atomic mass is 16.6. The van der Waals surface area contributed by atoms with Crippen LogP contribution in [0.15, 0.2) is 65.5 Å². The summed E-state index contributed by atoms with van der Waals surface area (Å²) in [5, 5.41) is 24.5. The van der Waals surface area contributed by atoms with Gasteiger partial charge in [-0.1, -0.05) is 18.2 Å². The van der Waals surface area contributed by atoms with E-state index < -0.39 is 22.8 Å². The second kappa shape index (κ2) is 8.60. The van der Waals surface area contributed by atoms with Crippen LogP contribution in [0, 0.1) is 10.1 Å². The lowest BCUT2D eigenvalue weighted by molar-refractivity contribution is -0.385. The summed E-state index contributed by atoms with van der Waals surface area (Å²) >= 11 is 0. The van der Waals surface area contributed by atoms with Crippen molar-refractivity contribution in [1.82, 2.24) is 14.9 Å². The van der Waals surface area contributed by atoms with Gasteiger partial charge in [-0.25, -0.2) is 14.6 Å². The minimum Gasteiger partial charge on any atom is -0.478 e. The Labute approximate surface area is 171 Å². The van der Waals surface area contributed by atoms with Crippen LogP contribution in [-0.4, -0.2) is 38.1 Å². The molecule has 2 N–H and O–H groups in total. The molecule has 0 bridgehead atoms. The molecule has 0 saturated heterocycles. The molecule has 1 aromatic heterocycles. The normalized spacial score (nSPS) is 16.3. The number of hydrogen-bond donors (Lipinski definition) is 2. The molecule has 1 aromatic carbocycles. The smallest absolute Gasteiger partial charge is 0.336 e. The molecule has 0 radical (unpaired) electrons. The lowest BCUT2D eigenvalue weighted by atomic mass is 9.79. The molecule has 0 aliphatic carbocycles. The summed E-state index contributed by atoms with van der Waals surface area (Å²) < 4.78 is 6.89. The first-order valence-electron chi connectivity index (χ1n) is 9.15. The molecular weight excluding hydrogens is 392 g/mol. The highest BCUT2D eigenvalue weighted by molar-refractivity contribution is 5.99. The van der Waals surface area contributed by atoms with Crippen molar-refractivity contribution >= 4 is 17.6 Å². The Bertz CT molecular complexity index is 1060. The molecule has 1 atom stereocenters. The predicted octanol–water partition coefficient (Wildman–Crippen LogP) is 2.35. The van der Waals surface area contributed by atoms with Gasteiger partial charge in [0.25, 0.3) is 5.69 Å². The summed E-state index contributed by atoms with van der Waals surface area (Å²) in [6, 6.07) is 5.79. The summed E-state index contributed by atoms with van der Waals surface area (Å²) in [7, 11) is 0. The SMILES string of the molecule is CCOC(=O)C1=C(Cn2ccnc2)NC(C)=C(C(=O)O)C1c1ccccc1[N+](=O)[O-]. The van der Waals surface area contributed by atoms with Crippen LogP contribution >= 0.6 is 0 Å². The molecule has 0 amide bonds. The molecule has 10 heteroatoms. The number of carboxylic acid groups (broad SMARTS) is 1. The zero-order valence-corrected chi connectivity index (χ0v) is 16.4. The van der Waals surface area contributed by atoms with E-state index >= 15 is 0 Å². The third-order valence-electron chi connectivity index (χ3n) is 4.71. The zero-order chi connectivity index (χ0) is 21.8. The van der Waals surface area contributed by atoms with Gasteiger partial charge in [-0.05, 0) is 13.8 Å². The fraction of sp³-hybridized carbons (Fsp3) is 0.250. The van der Waals surface area contributed by atoms with Crippen LogP contribution in [0.3, 0.4) is 0 Å². The number of nitrogens with one attached hydrogen (secondary N) is 1. The minimum absolute atomic E-state index is 0.0165. The number of carbonyl (C=O) groups is 2. The highest BCUT2D eigenvalue weighted by Crippen LogP contribution is 2.42. The first-order chi connectivity index (χ1) is 14.3. The number of nitrogens with zero attached hydrogens (tertiary/aromatic N) is 3. The lowest BCUT2D eigenvalue weighted by Crippen LogP contribution is -2.34. The maximum absolute atomic E-state index is 12.9. The number of nitro groups is 1. The number of para-hydroxylation sites is 1. The van der Waals surface area contributed by atoms with Gasteiger partial charge >= 0.3 is 11.9 Å². The Balaban J connectivity index is 2.28. The van der Waals surface area contributed by atoms with Crippen LogP contribution in [0.5, 0.6) is 0 Å². The van der Waals surface area contributed by atoms with Crippen molar-refractivity contribution in [3.8, 4) is 0 Å². The first kappa shape index (κ1) is 20.8. The van der Waals surface area contributed by atoms with E-state index in [2.05, 4.69) is 10.3 Å². The molecule has 10 nitrogen and oxygen atoms in total. The Morgan fingerprint density at radius 2 is 2.07 bits per heavy atom. The maximum Gasteiger partial charge on any atom is 0.336 e. The van der Waals surface area contributed by atoms with Crippen molar-refractivity contribution in [2.75, 3.05) is 6.61 Å². The number of carboxylic acids is 1. The van der Waals surface area contributed by atoms with Gasteiger partial charge < -0.3 is 19.7 Å². The van der Waals surface area contributed by atoms with Gasteiger partial charge in [0.15, 0.2) is 0 Å². The van der Waals surface area contributed by atoms with Gasteiger partial charge in [-0.2, -0.15) is 0 Å². The number of aliphatic carboxylic acids is 1. The van der Waals surface area contributed by atoms with E-state index in [9.17, 15) is 24.8 Å². The van der Waals surface area contributed by atoms with E-state index in [1.165, 1.54) is 18.2 Å². The number of benzene rings is 1. The Hall–Kier alpha value is -3.95. The summed E-state index contributed by atoms with van der Waals surface area (Å²) in [6.07, 6.45) is 4.80. The number of rotatable bonds is 7. The molecule has 0 saturated carbocycles. The largest absolute Gasteiger partial charge is 0.478 e. The fourth-order valence-electron chi connectivity index (χ4n) is 3.53. The van der Waals surface area contributed by atoms with Crippen molar-refractivity contribution in [1.29, 1.82) is 0 Å². The number of aromatic nitrogens is 2. The number of hydrogen-bond acceptors (Lipinski definition) is 7. The zero-order valence-electron chi connectivity index (χ0n) is 16.4. The van der Waals surface area contributed by atoms with Crippen molar-refractivity contribution < 1.29 is 24.4 Å². The molecule has 3 rings (SSSR count). The Morgan fingerprint density at radius 1 is 1.33 bits per heavy atom. The maximum atomic E-state index is 12.9. The molecule has 0 fully saturated rings. The summed E-state index contributed by atoms with van der Waals surface area (Å²) in [5.41, 5.74) is 0.363. The van der Waals surface area contributed by atoms with E-state index in [1.807, 2.05) is 0 Å². The highest BCUT2D eigenvalue weighted by Gasteiger charge is 2.41. The van der Waals surface area contributed by atoms with E-state index in [0.717, 1.165) is 0 Å². The molecule has 2 heterocycles. The summed E-state index contributed by atoms with van der Waals surface area (Å²) in [6.45, 7) is 3.43. The number of carbonyl (C=O) groups excluding carboxylic acids is 1. The fourth-order valence-corrected chi connectivity index (χ4v) is 3.53. The van der Waals surface area contributed by atoms with Gasteiger partial charge in [0.05, 0.1) is 41.5 Å². The average molecular weight is 412 g/mol. The number of dihydropyridines is 1. The van der Waals surface area contributed by atoms with E-state index in [-0.39, 0.29) is 41.2 Å². The number of esters is 1. The third-order valence-corrected chi connectivity index (χ3v) is 4.71. The molecule has 1 aliphatic rings. The topological polar surface area (TPSA) is 137 Å². The van der Waals surface area contributed by atoms with Crippen molar-refractivity contribution in [3.63, 3.8) is 0 Å². The van der Waals surface area contributed by atoms with Gasteiger partial charge in [0.1, 0.15) is 0 Å². The van der Waals surface area contributed by atoms with Crippen LogP contribution in [-0.2, 0) is 20.9 Å². The van der Waals surface area contributed by atoms with Gasteiger partial charge in [-0.15, -0.1) is 0 Å². The molecule has 1 aliphatic heterocycles. The second-order valence-electron chi connectivity index (χ2n) is 6.57. The average Bonchev–Trinajstić information content (AvgIpc) is 3.20. The Morgan fingerprint density at radius 3 is 2.67 bits per heavy atom. The van der Waals surface area contributed by atoms with Gasteiger partial charge in [0, 0.05) is 35.4 Å². The third kappa shape index (κ3) is 3.93. The van der Waals surface area contributed by atoms with E-state index in [1.54, 1.807) is 43.2 Å². The van der Waals surface area contributed by atoms with Crippen LogP contribution in [0.1, 0.15) is 25.3 Å². The first-order valence-corrected chi connectivity index (χ1v) is 9.15. The van der Waals surface area contributed by atoms with Crippen LogP contribution < -0.4 is 5.32 Å². The number of imidazole rings is 1. The van der Waals surface area contributed by atoms with Crippen LogP contribution in [0.2, 0.25) is 0 Å². The van der Waals surface area contributed by atoms with Crippen LogP contribution in [0.25, 0.3) is 0 Å². The van der Waals surface area contributed by atoms with Crippen molar-refractivity contribution in [2.45, 2.75) is 26.3 Å². The second-order valence-corrected chi connectivity index (χ2v) is 6.57. The van der Waals surface area contributed by atoms with Crippen molar-refractivity contribution in [2.24, 2.45) is 0 Å². The molecule has 1 unspecified atom stereocenters. The standard InChI is InChI=1S/C20H20N4O6/c1-3-30-20(27)18-14(10-23-9-8-21-11-23)22-12(2)16(19(25)26)17(18)13-6-4-5-7-15(13)24(28)29/h4-9,11,17,22H,3,10H2,1-2H3,(H,25,26). The summed E-state index contributed by atoms with van der Waals surface area (Å²) in [4.78, 5) is 40.1. The minimum atomic E-state index is -1.29. The molecule has 0 spiro atoms. The lowest BCUT2D eigenvalue weighted by Gasteiger charge is -2.30. The molecule has 30 heavy (non-hydrogen) atoms. The summed E-state index contributed by atoms with van der Waals surface area (Å²) in [5.74, 6) is -3.20.